The van der Waals surface area contributed by atoms with Gasteiger partial charge in [0.2, 0.25) is 0 Å². The number of hydrogen-bond donors (Lipinski definition) is 2. The molecular formula is C16H27NO3. The second-order valence-electron chi connectivity index (χ2n) is 5.22. The van der Waals surface area contributed by atoms with Crippen LogP contribution in [0.1, 0.15) is 27.2 Å². The third kappa shape index (κ3) is 6.78. The summed E-state index contributed by atoms with van der Waals surface area (Å²) in [5, 5.41) is 12.9. The van der Waals surface area contributed by atoms with Gasteiger partial charge < -0.3 is 19.9 Å². The Morgan fingerprint density at radius 1 is 1.15 bits per heavy atom. The molecular weight excluding hydrogens is 254 g/mol. The van der Waals surface area contributed by atoms with Gasteiger partial charge in [0.15, 0.2) is 11.5 Å². The number of nitrogens with one attached hydrogen (secondary N) is 1. The molecule has 0 aliphatic carbocycles. The van der Waals surface area contributed by atoms with Crippen LogP contribution in [-0.2, 0) is 0 Å². The zero-order chi connectivity index (χ0) is 14.8. The van der Waals surface area contributed by atoms with Crippen LogP contribution in [0, 0.1) is 5.92 Å². The van der Waals surface area contributed by atoms with Gasteiger partial charge in [0.05, 0.1) is 12.7 Å². The van der Waals surface area contributed by atoms with Crippen molar-refractivity contribution in [1.29, 1.82) is 0 Å². The van der Waals surface area contributed by atoms with Crippen molar-refractivity contribution in [2.24, 2.45) is 5.92 Å². The average Bonchev–Trinajstić information content (AvgIpc) is 2.39. The van der Waals surface area contributed by atoms with Crippen LogP contribution in [0.25, 0.3) is 0 Å². The zero-order valence-electron chi connectivity index (χ0n) is 12.8. The number of ether oxygens (including phenoxy) is 2. The third-order valence-corrected chi connectivity index (χ3v) is 2.81. The van der Waals surface area contributed by atoms with Gasteiger partial charge in [-0.05, 0) is 31.4 Å². The van der Waals surface area contributed by atoms with Crippen LogP contribution in [0.5, 0.6) is 11.5 Å². The fourth-order valence-corrected chi connectivity index (χ4v) is 1.97. The quantitative estimate of drug-likeness (QED) is 0.647. The molecule has 0 aromatic heterocycles. The van der Waals surface area contributed by atoms with E-state index < -0.39 is 0 Å². The van der Waals surface area contributed by atoms with Crippen LogP contribution >= 0.6 is 0 Å². The number of benzene rings is 1. The Hall–Kier alpha value is -1.26. The monoisotopic (exact) mass is 281 g/mol. The van der Waals surface area contributed by atoms with E-state index >= 15 is 0 Å². The summed E-state index contributed by atoms with van der Waals surface area (Å²) in [7, 11) is 0. The van der Waals surface area contributed by atoms with Crippen LogP contribution in [0.3, 0.4) is 0 Å². The van der Waals surface area contributed by atoms with E-state index in [2.05, 4.69) is 19.2 Å². The van der Waals surface area contributed by atoms with Crippen LogP contribution in [-0.4, -0.2) is 37.5 Å². The highest BCUT2D eigenvalue weighted by atomic mass is 16.5. The molecule has 0 saturated carbocycles. The SMILES string of the molecule is CCOc1ccccc1OCCNCC(O)CC(C)C. The Bertz CT molecular complexity index is 368. The molecule has 0 radical (unpaired) electrons. The van der Waals surface area contributed by atoms with Gasteiger partial charge in [-0.2, -0.15) is 0 Å². The summed E-state index contributed by atoms with van der Waals surface area (Å²) in [6.45, 7) is 8.66. The highest BCUT2D eigenvalue weighted by molar-refractivity contribution is 5.39. The van der Waals surface area contributed by atoms with Crippen molar-refractivity contribution in [2.45, 2.75) is 33.3 Å². The largest absolute Gasteiger partial charge is 0.490 e. The van der Waals surface area contributed by atoms with Crippen LogP contribution in [0.15, 0.2) is 24.3 Å². The minimum Gasteiger partial charge on any atom is -0.490 e. The van der Waals surface area contributed by atoms with Gasteiger partial charge in [0.1, 0.15) is 6.61 Å². The molecule has 0 saturated heterocycles. The van der Waals surface area contributed by atoms with Crippen LogP contribution < -0.4 is 14.8 Å². The van der Waals surface area contributed by atoms with E-state index in [4.69, 9.17) is 9.47 Å². The number of para-hydroxylation sites is 2. The first-order valence-corrected chi connectivity index (χ1v) is 7.36. The second-order valence-corrected chi connectivity index (χ2v) is 5.22. The molecule has 1 atom stereocenters. The Labute approximate surface area is 122 Å². The van der Waals surface area contributed by atoms with Gasteiger partial charge in [0.25, 0.3) is 0 Å². The molecule has 4 nitrogen and oxygen atoms in total. The van der Waals surface area contributed by atoms with Gasteiger partial charge in [-0.25, -0.2) is 0 Å². The van der Waals surface area contributed by atoms with E-state index in [-0.39, 0.29) is 6.10 Å². The molecule has 0 heterocycles. The molecule has 4 heteroatoms. The summed E-state index contributed by atoms with van der Waals surface area (Å²) in [4.78, 5) is 0. The molecule has 1 rings (SSSR count). The number of aliphatic hydroxyl groups excluding tert-OH is 1. The lowest BCUT2D eigenvalue weighted by molar-refractivity contribution is 0.144. The lowest BCUT2D eigenvalue weighted by Crippen LogP contribution is -2.30. The Morgan fingerprint density at radius 3 is 2.40 bits per heavy atom. The molecule has 0 aliphatic heterocycles. The van der Waals surface area contributed by atoms with Crippen molar-refractivity contribution in [3.8, 4) is 11.5 Å². The summed E-state index contributed by atoms with van der Waals surface area (Å²) < 4.78 is 11.2. The topological polar surface area (TPSA) is 50.7 Å². The number of aliphatic hydroxyl groups is 1. The smallest absolute Gasteiger partial charge is 0.161 e. The lowest BCUT2D eigenvalue weighted by atomic mass is 10.1. The normalized spacial score (nSPS) is 12.4. The first-order chi connectivity index (χ1) is 9.63. The minimum atomic E-state index is -0.286. The van der Waals surface area contributed by atoms with E-state index in [1.807, 2.05) is 31.2 Å². The van der Waals surface area contributed by atoms with Crippen LogP contribution in [0.4, 0.5) is 0 Å². The summed E-state index contributed by atoms with van der Waals surface area (Å²) in [6, 6.07) is 7.66. The van der Waals surface area contributed by atoms with E-state index in [1.165, 1.54) is 0 Å². The van der Waals surface area contributed by atoms with E-state index in [0.29, 0.717) is 32.2 Å². The van der Waals surface area contributed by atoms with Gasteiger partial charge in [-0.15, -0.1) is 0 Å². The molecule has 1 aromatic rings. The van der Waals surface area contributed by atoms with Crippen LogP contribution in [0.2, 0.25) is 0 Å². The van der Waals surface area contributed by atoms with Crippen molar-refractivity contribution in [3.05, 3.63) is 24.3 Å². The molecule has 0 aliphatic rings. The minimum absolute atomic E-state index is 0.286. The molecule has 0 spiro atoms. The highest BCUT2D eigenvalue weighted by Gasteiger charge is 2.06. The predicted octanol–water partition coefficient (Wildman–Crippen LogP) is 2.46. The fraction of sp³-hybridized carbons (Fsp3) is 0.625. The van der Waals surface area contributed by atoms with Crippen molar-refractivity contribution in [2.75, 3.05) is 26.3 Å². The van der Waals surface area contributed by atoms with Crippen molar-refractivity contribution >= 4 is 0 Å². The molecule has 0 fully saturated rings. The first kappa shape index (κ1) is 16.8. The van der Waals surface area contributed by atoms with Gasteiger partial charge in [-0.1, -0.05) is 26.0 Å². The molecule has 0 amide bonds. The standard InChI is InChI=1S/C16H27NO3/c1-4-19-15-7-5-6-8-16(15)20-10-9-17-12-14(18)11-13(2)3/h5-8,13-14,17-18H,4,9-12H2,1-3H3. The van der Waals surface area contributed by atoms with Crippen molar-refractivity contribution in [3.63, 3.8) is 0 Å². The summed E-state index contributed by atoms with van der Waals surface area (Å²) in [5.41, 5.74) is 0. The fourth-order valence-electron chi connectivity index (χ4n) is 1.97. The van der Waals surface area contributed by atoms with Gasteiger partial charge in [-0.3, -0.25) is 0 Å². The van der Waals surface area contributed by atoms with Gasteiger partial charge >= 0.3 is 0 Å². The zero-order valence-corrected chi connectivity index (χ0v) is 12.8. The molecule has 20 heavy (non-hydrogen) atoms. The molecule has 0 bridgehead atoms. The summed E-state index contributed by atoms with van der Waals surface area (Å²) in [6.07, 6.45) is 0.534. The maximum absolute atomic E-state index is 9.73. The average molecular weight is 281 g/mol. The third-order valence-electron chi connectivity index (χ3n) is 2.81. The van der Waals surface area contributed by atoms with E-state index in [9.17, 15) is 5.11 Å². The molecule has 1 aromatic carbocycles. The second kappa shape index (κ2) is 9.61. The Morgan fingerprint density at radius 2 is 1.80 bits per heavy atom. The number of rotatable bonds is 10. The molecule has 1 unspecified atom stereocenters. The molecule has 2 N–H and O–H groups in total. The first-order valence-electron chi connectivity index (χ1n) is 7.36. The number of hydrogen-bond acceptors (Lipinski definition) is 4. The summed E-state index contributed by atoms with van der Waals surface area (Å²) >= 11 is 0. The Kier molecular flexibility index (Phi) is 8.07. The maximum Gasteiger partial charge on any atom is 0.161 e. The molecule has 114 valence electrons. The maximum atomic E-state index is 9.73. The Balaban J connectivity index is 2.21. The van der Waals surface area contributed by atoms with Crippen molar-refractivity contribution in [1.82, 2.24) is 5.32 Å². The van der Waals surface area contributed by atoms with Crippen molar-refractivity contribution < 1.29 is 14.6 Å². The predicted molar refractivity (Wildman–Crippen MR) is 81.4 cm³/mol. The van der Waals surface area contributed by atoms with E-state index in [0.717, 1.165) is 17.9 Å². The summed E-state index contributed by atoms with van der Waals surface area (Å²) in [5.74, 6) is 2.05. The highest BCUT2D eigenvalue weighted by Crippen LogP contribution is 2.25. The van der Waals surface area contributed by atoms with E-state index in [1.54, 1.807) is 0 Å². The van der Waals surface area contributed by atoms with Gasteiger partial charge in [0, 0.05) is 13.1 Å². The lowest BCUT2D eigenvalue weighted by Gasteiger charge is -2.15.